The maximum absolute atomic E-state index is 14.7. The van der Waals surface area contributed by atoms with Gasteiger partial charge in [-0.3, -0.25) is 9.59 Å². The molecule has 3 N–H and O–H groups in total. The average Bonchev–Trinajstić information content (AvgIpc) is 3.34. The number of aromatic nitrogens is 3. The van der Waals surface area contributed by atoms with Crippen LogP contribution in [0.4, 0.5) is 8.78 Å². The predicted octanol–water partition coefficient (Wildman–Crippen LogP) is 3.20. The molecule has 1 aromatic carbocycles. The molecule has 0 saturated carbocycles. The van der Waals surface area contributed by atoms with Crippen LogP contribution in [0.15, 0.2) is 53.6 Å². The number of nitrogens with two attached hydrogens (primary N) is 1. The predicted molar refractivity (Wildman–Crippen MR) is 132 cm³/mol. The van der Waals surface area contributed by atoms with E-state index in [1.807, 2.05) is 0 Å². The van der Waals surface area contributed by atoms with Crippen molar-refractivity contribution in [1.29, 1.82) is 0 Å². The van der Waals surface area contributed by atoms with Gasteiger partial charge in [0.05, 0.1) is 16.8 Å². The van der Waals surface area contributed by atoms with Gasteiger partial charge < -0.3 is 15.3 Å². The number of benzene rings is 1. The van der Waals surface area contributed by atoms with Gasteiger partial charge in [0.2, 0.25) is 0 Å². The Morgan fingerprint density at radius 3 is 2.75 bits per heavy atom. The number of rotatable bonds is 4. The van der Waals surface area contributed by atoms with E-state index in [1.54, 1.807) is 18.3 Å². The molecular weight excluding hydrogens is 462 g/mol. The van der Waals surface area contributed by atoms with Crippen LogP contribution in [0.1, 0.15) is 45.1 Å². The Balaban J connectivity index is 1.74. The van der Waals surface area contributed by atoms with Crippen LogP contribution in [-0.4, -0.2) is 20.4 Å². The van der Waals surface area contributed by atoms with Crippen LogP contribution in [0.5, 0.6) is 0 Å². The molecule has 6 nitrogen and oxygen atoms in total. The summed E-state index contributed by atoms with van der Waals surface area (Å²) in [5.41, 5.74) is 6.60. The van der Waals surface area contributed by atoms with E-state index in [-0.39, 0.29) is 23.1 Å². The number of halogens is 2. The van der Waals surface area contributed by atoms with Gasteiger partial charge in [-0.2, -0.15) is 0 Å². The number of pyridine rings is 2. The molecule has 0 aliphatic rings. The van der Waals surface area contributed by atoms with Gasteiger partial charge in [0, 0.05) is 42.7 Å². The van der Waals surface area contributed by atoms with Gasteiger partial charge in [0.15, 0.2) is 0 Å². The minimum absolute atomic E-state index is 0.0120. The van der Waals surface area contributed by atoms with Gasteiger partial charge >= 0.3 is 0 Å². The van der Waals surface area contributed by atoms with E-state index in [1.165, 1.54) is 23.9 Å². The van der Waals surface area contributed by atoms with Gasteiger partial charge in [-0.15, -0.1) is 6.42 Å². The van der Waals surface area contributed by atoms with Crippen molar-refractivity contribution in [3.05, 3.63) is 98.7 Å². The van der Waals surface area contributed by atoms with Crippen LogP contribution in [0.25, 0.3) is 11.0 Å². The number of H-pyrrole nitrogens is 1. The van der Waals surface area contributed by atoms with E-state index < -0.39 is 29.0 Å². The minimum Gasteiger partial charge on any atom is -0.366 e. The molecule has 0 spiro atoms. The highest BCUT2D eigenvalue weighted by molar-refractivity contribution is 6.00. The molecule has 4 rings (SSSR count). The highest BCUT2D eigenvalue weighted by Crippen LogP contribution is 2.28. The third-order valence-electron chi connectivity index (χ3n) is 5.69. The van der Waals surface area contributed by atoms with E-state index in [4.69, 9.17) is 12.2 Å². The van der Waals surface area contributed by atoms with Crippen molar-refractivity contribution < 1.29 is 13.6 Å². The number of nitrogens with zero attached hydrogens (tertiary/aromatic N) is 2. The Morgan fingerprint density at radius 1 is 1.19 bits per heavy atom. The van der Waals surface area contributed by atoms with Crippen molar-refractivity contribution in [2.75, 3.05) is 0 Å². The van der Waals surface area contributed by atoms with Crippen molar-refractivity contribution in [2.24, 2.45) is 12.8 Å². The SMILES string of the molecule is C#Cc1ccc(C(CC#CC#Cc2c(C(N)=O)cnc3[nH]ccc23)c2cc(F)ccc2F)c(=O)n1C. The second-order valence-electron chi connectivity index (χ2n) is 7.81. The van der Waals surface area contributed by atoms with Crippen molar-refractivity contribution in [1.82, 2.24) is 14.5 Å². The lowest BCUT2D eigenvalue weighted by Crippen LogP contribution is -2.25. The van der Waals surface area contributed by atoms with Crippen LogP contribution in [-0.2, 0) is 7.05 Å². The smallest absolute Gasteiger partial charge is 0.255 e. The first-order chi connectivity index (χ1) is 17.3. The Kier molecular flexibility index (Phi) is 6.68. The van der Waals surface area contributed by atoms with E-state index >= 15 is 0 Å². The van der Waals surface area contributed by atoms with Gasteiger partial charge in [-0.05, 0) is 47.7 Å². The largest absolute Gasteiger partial charge is 0.366 e. The summed E-state index contributed by atoms with van der Waals surface area (Å²) < 4.78 is 29.9. The molecule has 0 aliphatic heterocycles. The number of aromatic amines is 1. The molecule has 36 heavy (non-hydrogen) atoms. The zero-order valence-corrected chi connectivity index (χ0v) is 19.0. The summed E-state index contributed by atoms with van der Waals surface area (Å²) in [4.78, 5) is 31.8. The number of nitrogens with one attached hydrogen (secondary N) is 1. The molecule has 0 fully saturated rings. The summed E-state index contributed by atoms with van der Waals surface area (Å²) >= 11 is 0. The summed E-state index contributed by atoms with van der Waals surface area (Å²) in [6.45, 7) is 0. The zero-order valence-electron chi connectivity index (χ0n) is 19.0. The third kappa shape index (κ3) is 4.59. The highest BCUT2D eigenvalue weighted by Gasteiger charge is 2.22. The number of terminal acetylenes is 1. The molecule has 1 atom stereocenters. The number of carbonyl (C=O) groups excluding carboxylic acids is 1. The third-order valence-corrected chi connectivity index (χ3v) is 5.69. The lowest BCUT2D eigenvalue weighted by molar-refractivity contribution is 0.1000. The van der Waals surface area contributed by atoms with Crippen molar-refractivity contribution in [3.8, 4) is 36.0 Å². The van der Waals surface area contributed by atoms with Crippen LogP contribution in [0, 0.1) is 47.7 Å². The lowest BCUT2D eigenvalue weighted by atomic mass is 9.88. The minimum atomic E-state index is -0.876. The van der Waals surface area contributed by atoms with Crippen molar-refractivity contribution in [2.45, 2.75) is 12.3 Å². The van der Waals surface area contributed by atoms with Gasteiger partial charge in [0.25, 0.3) is 11.5 Å². The molecule has 1 amide bonds. The zero-order chi connectivity index (χ0) is 25.8. The fourth-order valence-corrected chi connectivity index (χ4v) is 3.85. The standard InChI is InChI=1S/C28H18F2N4O2/c1-3-18-10-11-22(28(36)34(18)2)20(23-15-17(29)9-12-25(23)30)8-6-4-5-7-19-21-13-14-32-27(21)33-16-24(19)26(31)35/h1,9-16,20H,8H2,2H3,(H2,31,35)(H,32,33). The molecule has 8 heteroatoms. The normalized spacial score (nSPS) is 11.1. The molecule has 3 heterocycles. The Hall–Kier alpha value is -5.13. The van der Waals surface area contributed by atoms with Crippen LogP contribution in [0.3, 0.4) is 0 Å². The Labute approximate surface area is 205 Å². The molecule has 0 saturated heterocycles. The van der Waals surface area contributed by atoms with Gasteiger partial charge in [0.1, 0.15) is 17.3 Å². The molecule has 0 radical (unpaired) electrons. The van der Waals surface area contributed by atoms with Crippen LogP contribution in [0.2, 0.25) is 0 Å². The molecule has 1 unspecified atom stereocenters. The summed E-state index contributed by atoms with van der Waals surface area (Å²) in [5.74, 6) is 10.5. The van der Waals surface area contributed by atoms with Crippen LogP contribution < -0.4 is 11.3 Å². The number of primary amides is 1. The maximum atomic E-state index is 14.7. The van der Waals surface area contributed by atoms with E-state index in [0.29, 0.717) is 22.3 Å². The quantitative estimate of drug-likeness (QED) is 0.440. The molecular formula is C28H18F2N4O2. The molecule has 4 aromatic rings. The van der Waals surface area contributed by atoms with Crippen molar-refractivity contribution >= 4 is 16.9 Å². The summed E-state index contributed by atoms with van der Waals surface area (Å²) in [7, 11) is 1.50. The first-order valence-electron chi connectivity index (χ1n) is 10.7. The Morgan fingerprint density at radius 2 is 2.00 bits per heavy atom. The number of carbonyl (C=O) groups is 1. The van der Waals surface area contributed by atoms with Gasteiger partial charge in [-0.25, -0.2) is 13.8 Å². The lowest BCUT2D eigenvalue weighted by Gasteiger charge is -2.17. The fraction of sp³-hybridized carbons (Fsp3) is 0.107. The van der Waals surface area contributed by atoms with Crippen LogP contribution >= 0.6 is 0 Å². The number of amides is 1. The number of hydrogen-bond donors (Lipinski definition) is 2. The Bertz CT molecular complexity index is 1740. The maximum Gasteiger partial charge on any atom is 0.255 e. The first-order valence-corrected chi connectivity index (χ1v) is 10.7. The molecule has 0 aliphatic carbocycles. The monoisotopic (exact) mass is 480 g/mol. The average molecular weight is 480 g/mol. The van der Waals surface area contributed by atoms with Crippen molar-refractivity contribution in [3.63, 3.8) is 0 Å². The fourth-order valence-electron chi connectivity index (χ4n) is 3.85. The van der Waals surface area contributed by atoms with Gasteiger partial charge in [-0.1, -0.05) is 23.8 Å². The summed E-state index contributed by atoms with van der Waals surface area (Å²) in [6.07, 6.45) is 8.38. The van der Waals surface area contributed by atoms with E-state index in [2.05, 4.69) is 39.6 Å². The summed E-state index contributed by atoms with van der Waals surface area (Å²) in [5, 5.41) is 0.609. The second-order valence-corrected chi connectivity index (χ2v) is 7.81. The summed E-state index contributed by atoms with van der Waals surface area (Å²) in [6, 6.07) is 7.82. The molecule has 176 valence electrons. The highest BCUT2D eigenvalue weighted by atomic mass is 19.1. The molecule has 0 bridgehead atoms. The number of fused-ring (bicyclic) bond motifs is 1. The first kappa shape index (κ1) is 24.0. The van der Waals surface area contributed by atoms with E-state index in [9.17, 15) is 18.4 Å². The molecule has 3 aromatic heterocycles. The second kappa shape index (κ2) is 10.0. The van der Waals surface area contributed by atoms with E-state index in [0.717, 1.165) is 18.2 Å². The number of hydrogen-bond acceptors (Lipinski definition) is 3. The topological polar surface area (TPSA) is 93.8 Å².